The van der Waals surface area contributed by atoms with Crippen LogP contribution in [0, 0.1) is 0 Å². The van der Waals surface area contributed by atoms with E-state index in [4.69, 9.17) is 10.7 Å². The number of hydrogen-bond acceptors (Lipinski definition) is 3. The highest BCUT2D eigenvalue weighted by molar-refractivity contribution is 8.13. The summed E-state index contributed by atoms with van der Waals surface area (Å²) in [6.45, 7) is 5.34. The van der Waals surface area contributed by atoms with E-state index < -0.39 is 9.05 Å². The second-order valence-corrected chi connectivity index (χ2v) is 7.95. The first-order chi connectivity index (χ1) is 10.4. The predicted molar refractivity (Wildman–Crippen MR) is 89.1 cm³/mol. The van der Waals surface area contributed by atoms with Crippen molar-refractivity contribution < 1.29 is 8.42 Å². The molecule has 2 aromatic rings. The van der Waals surface area contributed by atoms with Gasteiger partial charge in [0.2, 0.25) is 0 Å². The Morgan fingerprint density at radius 2 is 1.55 bits per heavy atom. The summed E-state index contributed by atoms with van der Waals surface area (Å²) in [6, 6.07) is 4.62. The van der Waals surface area contributed by atoms with Crippen molar-refractivity contribution in [3.8, 4) is 0 Å². The molecule has 0 aliphatic rings. The van der Waals surface area contributed by atoms with Crippen LogP contribution < -0.4 is 5.69 Å². The highest BCUT2D eigenvalue weighted by Crippen LogP contribution is 2.22. The van der Waals surface area contributed by atoms with Gasteiger partial charge in [-0.3, -0.25) is 9.13 Å². The Morgan fingerprint density at radius 1 is 1.00 bits per heavy atom. The highest BCUT2D eigenvalue weighted by Gasteiger charge is 2.17. The fraction of sp³-hybridized carbons (Fsp3) is 0.533. The standard InChI is InChI=1S/C15H21ClN2O3S/c1-3-5-9-17-13-8-7-12(22(16,20)21)11-14(13)18(15(17)19)10-6-4-2/h7-8,11H,3-6,9-10H2,1-2H3. The third-order valence-electron chi connectivity index (χ3n) is 3.74. The van der Waals surface area contributed by atoms with Gasteiger partial charge in [-0.1, -0.05) is 26.7 Å². The summed E-state index contributed by atoms with van der Waals surface area (Å²) in [4.78, 5) is 12.6. The lowest BCUT2D eigenvalue weighted by molar-refractivity contribution is 0.574. The Hall–Kier alpha value is -1.27. The molecule has 0 atom stereocenters. The molecular weight excluding hydrogens is 324 g/mol. The van der Waals surface area contributed by atoms with Crippen molar-refractivity contribution in [1.29, 1.82) is 0 Å². The van der Waals surface area contributed by atoms with Gasteiger partial charge in [-0.15, -0.1) is 0 Å². The summed E-state index contributed by atoms with van der Waals surface area (Å²) in [5.41, 5.74) is 1.32. The third kappa shape index (κ3) is 3.38. The monoisotopic (exact) mass is 344 g/mol. The topological polar surface area (TPSA) is 61.1 Å². The number of imidazole rings is 1. The summed E-state index contributed by atoms with van der Waals surface area (Å²) in [6.07, 6.45) is 3.72. The number of aryl methyl sites for hydroxylation is 2. The molecule has 0 radical (unpaired) electrons. The number of halogens is 1. The Bertz CT molecular complexity index is 821. The minimum Gasteiger partial charge on any atom is -0.292 e. The first kappa shape index (κ1) is 17.1. The second kappa shape index (κ2) is 6.87. The largest absolute Gasteiger partial charge is 0.329 e. The molecule has 2 rings (SSSR count). The molecule has 0 N–H and O–H groups in total. The van der Waals surface area contributed by atoms with Crippen LogP contribution in [0.3, 0.4) is 0 Å². The Labute approximate surface area is 134 Å². The maximum atomic E-state index is 12.6. The van der Waals surface area contributed by atoms with Crippen LogP contribution in [0.2, 0.25) is 0 Å². The second-order valence-electron chi connectivity index (χ2n) is 5.38. The van der Waals surface area contributed by atoms with Crippen molar-refractivity contribution in [3.05, 3.63) is 28.7 Å². The van der Waals surface area contributed by atoms with Gasteiger partial charge in [-0.25, -0.2) is 13.2 Å². The molecule has 0 spiro atoms. The molecule has 0 amide bonds. The lowest BCUT2D eigenvalue weighted by Gasteiger charge is -2.03. The van der Waals surface area contributed by atoms with Crippen LogP contribution in [0.1, 0.15) is 39.5 Å². The van der Waals surface area contributed by atoms with E-state index in [1.165, 1.54) is 12.1 Å². The van der Waals surface area contributed by atoms with Crippen LogP contribution in [0.15, 0.2) is 27.9 Å². The molecule has 0 saturated heterocycles. The maximum absolute atomic E-state index is 12.6. The van der Waals surface area contributed by atoms with Crippen molar-refractivity contribution in [2.24, 2.45) is 0 Å². The van der Waals surface area contributed by atoms with Crippen LogP contribution in [-0.4, -0.2) is 17.6 Å². The lowest BCUT2D eigenvalue weighted by atomic mass is 10.3. The zero-order valence-corrected chi connectivity index (χ0v) is 14.5. The zero-order chi connectivity index (χ0) is 16.3. The quantitative estimate of drug-likeness (QED) is 0.724. The molecule has 0 saturated carbocycles. The summed E-state index contributed by atoms with van der Waals surface area (Å²) in [7, 11) is 1.62. The predicted octanol–water partition coefficient (Wildman–Crippen LogP) is 3.33. The SMILES string of the molecule is CCCCn1c(=O)n(CCCC)c2cc(S(=O)(=O)Cl)ccc21. The molecule has 122 valence electrons. The van der Waals surface area contributed by atoms with Crippen molar-refractivity contribution in [2.75, 3.05) is 0 Å². The van der Waals surface area contributed by atoms with Crippen LogP contribution in [0.25, 0.3) is 11.0 Å². The van der Waals surface area contributed by atoms with Gasteiger partial charge in [0.1, 0.15) is 0 Å². The number of unbranched alkanes of at least 4 members (excludes halogenated alkanes) is 2. The van der Waals surface area contributed by atoms with Gasteiger partial charge < -0.3 is 0 Å². The molecule has 1 aromatic heterocycles. The van der Waals surface area contributed by atoms with E-state index in [-0.39, 0.29) is 10.6 Å². The fourth-order valence-electron chi connectivity index (χ4n) is 2.52. The smallest absolute Gasteiger partial charge is 0.292 e. The van der Waals surface area contributed by atoms with Crippen molar-refractivity contribution in [2.45, 2.75) is 57.5 Å². The summed E-state index contributed by atoms with van der Waals surface area (Å²) in [5.74, 6) is 0. The average Bonchev–Trinajstić information content (AvgIpc) is 2.73. The maximum Gasteiger partial charge on any atom is 0.329 e. The number of benzene rings is 1. The molecule has 0 fully saturated rings. The number of nitrogens with zero attached hydrogens (tertiary/aromatic N) is 2. The summed E-state index contributed by atoms with van der Waals surface area (Å²) in [5, 5.41) is 0. The van der Waals surface area contributed by atoms with Crippen LogP contribution in [-0.2, 0) is 22.1 Å². The van der Waals surface area contributed by atoms with E-state index in [0.717, 1.165) is 31.2 Å². The fourth-order valence-corrected chi connectivity index (χ4v) is 3.29. The van der Waals surface area contributed by atoms with Gasteiger partial charge in [0.05, 0.1) is 15.9 Å². The molecule has 0 aliphatic heterocycles. The van der Waals surface area contributed by atoms with Crippen LogP contribution in [0.4, 0.5) is 0 Å². The van der Waals surface area contributed by atoms with Gasteiger partial charge in [-0.05, 0) is 31.0 Å². The van der Waals surface area contributed by atoms with E-state index in [1.807, 2.05) is 0 Å². The first-order valence-electron chi connectivity index (χ1n) is 7.58. The zero-order valence-electron chi connectivity index (χ0n) is 12.9. The lowest BCUT2D eigenvalue weighted by Crippen LogP contribution is -2.24. The van der Waals surface area contributed by atoms with Crippen molar-refractivity contribution >= 4 is 30.8 Å². The molecule has 7 heteroatoms. The molecule has 1 heterocycles. The minimum atomic E-state index is -3.80. The normalized spacial score (nSPS) is 12.1. The third-order valence-corrected chi connectivity index (χ3v) is 5.09. The van der Waals surface area contributed by atoms with Gasteiger partial charge in [0, 0.05) is 23.8 Å². The number of aromatic nitrogens is 2. The summed E-state index contributed by atoms with van der Waals surface area (Å²) >= 11 is 0. The Kier molecular flexibility index (Phi) is 5.34. The highest BCUT2D eigenvalue weighted by atomic mass is 35.7. The number of fused-ring (bicyclic) bond motifs is 1. The minimum absolute atomic E-state index is 0.0274. The van der Waals surface area contributed by atoms with Gasteiger partial charge >= 0.3 is 5.69 Å². The molecule has 0 aliphatic carbocycles. The number of hydrogen-bond donors (Lipinski definition) is 0. The Balaban J connectivity index is 2.66. The average molecular weight is 345 g/mol. The number of rotatable bonds is 7. The first-order valence-corrected chi connectivity index (χ1v) is 9.88. The molecule has 0 bridgehead atoms. The molecule has 1 aromatic carbocycles. The van der Waals surface area contributed by atoms with E-state index in [0.29, 0.717) is 18.6 Å². The molecule has 0 unspecified atom stereocenters. The van der Waals surface area contributed by atoms with Gasteiger partial charge in [0.25, 0.3) is 9.05 Å². The van der Waals surface area contributed by atoms with Crippen LogP contribution in [0.5, 0.6) is 0 Å². The Morgan fingerprint density at radius 3 is 2.05 bits per heavy atom. The van der Waals surface area contributed by atoms with E-state index in [2.05, 4.69) is 13.8 Å². The molecule has 22 heavy (non-hydrogen) atoms. The van der Waals surface area contributed by atoms with Crippen LogP contribution >= 0.6 is 10.7 Å². The summed E-state index contributed by atoms with van der Waals surface area (Å²) < 4.78 is 26.4. The van der Waals surface area contributed by atoms with E-state index in [1.54, 1.807) is 15.2 Å². The van der Waals surface area contributed by atoms with Crippen molar-refractivity contribution in [1.82, 2.24) is 9.13 Å². The van der Waals surface area contributed by atoms with Gasteiger partial charge in [0.15, 0.2) is 0 Å². The van der Waals surface area contributed by atoms with E-state index >= 15 is 0 Å². The van der Waals surface area contributed by atoms with Crippen molar-refractivity contribution in [3.63, 3.8) is 0 Å². The van der Waals surface area contributed by atoms with E-state index in [9.17, 15) is 13.2 Å². The van der Waals surface area contributed by atoms with Gasteiger partial charge in [-0.2, -0.15) is 0 Å². The molecule has 5 nitrogen and oxygen atoms in total. The molecular formula is C15H21ClN2O3S.